The second-order valence-electron chi connectivity index (χ2n) is 5.88. The van der Waals surface area contributed by atoms with Crippen LogP contribution in [0.3, 0.4) is 0 Å². The molecule has 0 saturated heterocycles. The molecule has 1 aromatic carbocycles. The van der Waals surface area contributed by atoms with E-state index in [1.807, 2.05) is 24.3 Å². The summed E-state index contributed by atoms with van der Waals surface area (Å²) in [6, 6.07) is 7.83. The van der Waals surface area contributed by atoms with Gasteiger partial charge >= 0.3 is 0 Å². The summed E-state index contributed by atoms with van der Waals surface area (Å²) in [6.07, 6.45) is 3.82. The van der Waals surface area contributed by atoms with E-state index >= 15 is 0 Å². The van der Waals surface area contributed by atoms with Crippen LogP contribution in [0.1, 0.15) is 38.7 Å². The van der Waals surface area contributed by atoms with E-state index in [2.05, 4.69) is 13.8 Å². The zero-order valence-corrected chi connectivity index (χ0v) is 11.4. The van der Waals surface area contributed by atoms with Crippen molar-refractivity contribution < 1.29 is 5.11 Å². The van der Waals surface area contributed by atoms with Gasteiger partial charge in [-0.2, -0.15) is 0 Å². The fraction of sp³-hybridized carbons (Fsp3) is 0.600. The first-order valence-electron chi connectivity index (χ1n) is 6.44. The standard InChI is InChI=1S/C15H21ClO/c1-11-7-12(2)9-15(17,8-11)10-13-3-5-14(16)6-4-13/h3-6,11-12,17H,7-10H2,1-2H3. The van der Waals surface area contributed by atoms with Gasteiger partial charge in [0.15, 0.2) is 0 Å². The van der Waals surface area contributed by atoms with Crippen LogP contribution in [0.4, 0.5) is 0 Å². The highest BCUT2D eigenvalue weighted by atomic mass is 35.5. The number of aliphatic hydroxyl groups is 1. The second-order valence-corrected chi connectivity index (χ2v) is 6.32. The summed E-state index contributed by atoms with van der Waals surface area (Å²) in [5, 5.41) is 11.5. The molecule has 0 radical (unpaired) electrons. The predicted octanol–water partition coefficient (Wildman–Crippen LogP) is 4.07. The molecular weight excluding hydrogens is 232 g/mol. The molecule has 1 aromatic rings. The minimum Gasteiger partial charge on any atom is -0.390 e. The van der Waals surface area contributed by atoms with Gasteiger partial charge in [0.2, 0.25) is 0 Å². The Bertz CT molecular complexity index is 361. The van der Waals surface area contributed by atoms with Crippen molar-refractivity contribution in [2.45, 2.75) is 45.1 Å². The molecule has 1 nitrogen and oxygen atoms in total. The molecule has 0 aromatic heterocycles. The van der Waals surface area contributed by atoms with E-state index in [0.717, 1.165) is 24.3 Å². The van der Waals surface area contributed by atoms with Gasteiger partial charge in [-0.3, -0.25) is 0 Å². The normalized spacial score (nSPS) is 33.6. The van der Waals surface area contributed by atoms with Crippen molar-refractivity contribution in [2.75, 3.05) is 0 Å². The molecule has 1 aliphatic rings. The van der Waals surface area contributed by atoms with E-state index in [4.69, 9.17) is 11.6 Å². The third-order valence-corrected chi connectivity index (χ3v) is 3.96. The second kappa shape index (κ2) is 4.99. The third-order valence-electron chi connectivity index (χ3n) is 3.71. The van der Waals surface area contributed by atoms with Gasteiger partial charge in [0.25, 0.3) is 0 Å². The van der Waals surface area contributed by atoms with Crippen LogP contribution in [0.15, 0.2) is 24.3 Å². The average Bonchev–Trinajstić information content (AvgIpc) is 2.19. The van der Waals surface area contributed by atoms with Crippen molar-refractivity contribution in [3.05, 3.63) is 34.9 Å². The van der Waals surface area contributed by atoms with Gasteiger partial charge in [-0.15, -0.1) is 0 Å². The van der Waals surface area contributed by atoms with Crippen LogP contribution in [-0.2, 0) is 6.42 Å². The fourth-order valence-electron chi connectivity index (χ4n) is 3.36. The molecule has 0 bridgehead atoms. The number of benzene rings is 1. The maximum atomic E-state index is 10.7. The van der Waals surface area contributed by atoms with Crippen LogP contribution in [0.25, 0.3) is 0 Å². The van der Waals surface area contributed by atoms with Crippen LogP contribution in [0.5, 0.6) is 0 Å². The lowest BCUT2D eigenvalue weighted by molar-refractivity contribution is -0.0304. The first-order chi connectivity index (χ1) is 7.97. The maximum absolute atomic E-state index is 10.7. The molecule has 2 rings (SSSR count). The van der Waals surface area contributed by atoms with Crippen molar-refractivity contribution in [3.8, 4) is 0 Å². The molecule has 94 valence electrons. The first kappa shape index (κ1) is 12.9. The lowest BCUT2D eigenvalue weighted by Crippen LogP contribution is -2.39. The zero-order valence-electron chi connectivity index (χ0n) is 10.6. The van der Waals surface area contributed by atoms with Gasteiger partial charge in [0.05, 0.1) is 5.60 Å². The van der Waals surface area contributed by atoms with Crippen LogP contribution >= 0.6 is 11.6 Å². The summed E-state index contributed by atoms with van der Waals surface area (Å²) < 4.78 is 0. The largest absolute Gasteiger partial charge is 0.390 e. The molecule has 0 heterocycles. The minimum atomic E-state index is -0.523. The molecule has 2 atom stereocenters. The molecule has 1 N–H and O–H groups in total. The Morgan fingerprint density at radius 1 is 1.18 bits per heavy atom. The van der Waals surface area contributed by atoms with Gasteiger partial charge in [-0.1, -0.05) is 37.6 Å². The van der Waals surface area contributed by atoms with Gasteiger partial charge in [-0.25, -0.2) is 0 Å². The van der Waals surface area contributed by atoms with Crippen molar-refractivity contribution in [3.63, 3.8) is 0 Å². The Morgan fingerprint density at radius 3 is 2.24 bits per heavy atom. The number of rotatable bonds is 2. The fourth-order valence-corrected chi connectivity index (χ4v) is 3.49. The molecule has 17 heavy (non-hydrogen) atoms. The number of halogens is 1. The Hall–Kier alpha value is -0.530. The molecule has 0 aliphatic heterocycles. The van der Waals surface area contributed by atoms with E-state index in [-0.39, 0.29) is 0 Å². The highest BCUT2D eigenvalue weighted by Crippen LogP contribution is 2.37. The topological polar surface area (TPSA) is 20.2 Å². The van der Waals surface area contributed by atoms with Gasteiger partial charge in [0.1, 0.15) is 0 Å². The molecule has 1 saturated carbocycles. The Morgan fingerprint density at radius 2 is 1.71 bits per heavy atom. The predicted molar refractivity (Wildman–Crippen MR) is 72.3 cm³/mol. The van der Waals surface area contributed by atoms with E-state index < -0.39 is 5.60 Å². The SMILES string of the molecule is CC1CC(C)CC(O)(Cc2ccc(Cl)cc2)C1. The van der Waals surface area contributed by atoms with Gasteiger partial charge < -0.3 is 5.11 Å². The zero-order chi connectivity index (χ0) is 12.5. The van der Waals surface area contributed by atoms with E-state index in [1.165, 1.54) is 12.0 Å². The molecular formula is C15H21ClO. The van der Waals surface area contributed by atoms with Crippen LogP contribution in [0, 0.1) is 11.8 Å². The Kier molecular flexibility index (Phi) is 3.79. The summed E-state index contributed by atoms with van der Waals surface area (Å²) in [5.41, 5.74) is 0.656. The maximum Gasteiger partial charge on any atom is 0.0693 e. The summed E-state index contributed by atoms with van der Waals surface area (Å²) in [7, 11) is 0. The van der Waals surface area contributed by atoms with Crippen molar-refractivity contribution in [1.82, 2.24) is 0 Å². The summed E-state index contributed by atoms with van der Waals surface area (Å²) >= 11 is 5.87. The van der Waals surface area contributed by atoms with Crippen LogP contribution in [-0.4, -0.2) is 10.7 Å². The molecule has 0 amide bonds. The van der Waals surface area contributed by atoms with E-state index in [0.29, 0.717) is 11.8 Å². The molecule has 1 aliphatic carbocycles. The van der Waals surface area contributed by atoms with E-state index in [1.54, 1.807) is 0 Å². The van der Waals surface area contributed by atoms with Crippen molar-refractivity contribution in [2.24, 2.45) is 11.8 Å². The minimum absolute atomic E-state index is 0.523. The quantitative estimate of drug-likeness (QED) is 0.841. The first-order valence-corrected chi connectivity index (χ1v) is 6.81. The molecule has 1 fully saturated rings. The summed E-state index contributed by atoms with van der Waals surface area (Å²) in [5.74, 6) is 1.24. The highest BCUT2D eigenvalue weighted by molar-refractivity contribution is 6.30. The van der Waals surface area contributed by atoms with Gasteiger partial charge in [0, 0.05) is 11.4 Å². The average molecular weight is 253 g/mol. The smallest absolute Gasteiger partial charge is 0.0693 e. The monoisotopic (exact) mass is 252 g/mol. The summed E-state index contributed by atoms with van der Waals surface area (Å²) in [6.45, 7) is 4.48. The molecule has 2 heteroatoms. The molecule has 2 unspecified atom stereocenters. The van der Waals surface area contributed by atoms with Crippen molar-refractivity contribution in [1.29, 1.82) is 0 Å². The van der Waals surface area contributed by atoms with Gasteiger partial charge in [-0.05, 0) is 48.8 Å². The van der Waals surface area contributed by atoms with E-state index in [9.17, 15) is 5.11 Å². The Labute approximate surface area is 109 Å². The van der Waals surface area contributed by atoms with Crippen molar-refractivity contribution >= 4 is 11.6 Å². The lowest BCUT2D eigenvalue weighted by atomic mass is 9.71. The third kappa shape index (κ3) is 3.46. The Balaban J connectivity index is 2.08. The number of hydrogen-bond acceptors (Lipinski definition) is 1. The van der Waals surface area contributed by atoms with Crippen LogP contribution < -0.4 is 0 Å². The number of hydrogen-bond donors (Lipinski definition) is 1. The summed E-state index contributed by atoms with van der Waals surface area (Å²) in [4.78, 5) is 0. The lowest BCUT2D eigenvalue weighted by Gasteiger charge is -2.39. The van der Waals surface area contributed by atoms with Crippen LogP contribution in [0.2, 0.25) is 5.02 Å². The highest BCUT2D eigenvalue weighted by Gasteiger charge is 2.35. The molecule has 0 spiro atoms.